The van der Waals surface area contributed by atoms with Gasteiger partial charge in [0.25, 0.3) is 0 Å². The molecule has 0 aliphatic rings. The molecule has 0 aromatic heterocycles. The van der Waals surface area contributed by atoms with Crippen molar-refractivity contribution in [2.45, 2.75) is 0 Å². The summed E-state index contributed by atoms with van der Waals surface area (Å²) >= 11 is 0. The molecule has 9 heavy (non-hydrogen) atoms. The summed E-state index contributed by atoms with van der Waals surface area (Å²) < 4.78 is 0. The van der Waals surface area contributed by atoms with Crippen molar-refractivity contribution in [3.8, 4) is 0 Å². The second kappa shape index (κ2) is 4.70. The predicted molar refractivity (Wildman–Crippen MR) is 34.0 cm³/mol. The van der Waals surface area contributed by atoms with Crippen molar-refractivity contribution in [1.29, 1.82) is 0 Å². The molecule has 0 unspecified atom stereocenters. The van der Waals surface area contributed by atoms with Gasteiger partial charge in [0.15, 0.2) is 0 Å². The standard InChI is InChI=1S/C8H6.Zr/c1-2-8-6-4-3-5-7-8;/h1-6H;/q-2;+2. The first-order chi connectivity index (χ1) is 3.93. The minimum Gasteiger partial charge on any atom is -0.344 e. The van der Waals surface area contributed by atoms with Crippen LogP contribution in [0.1, 0.15) is 5.56 Å². The van der Waals surface area contributed by atoms with Crippen LogP contribution in [0.2, 0.25) is 0 Å². The Morgan fingerprint density at radius 1 is 1.44 bits per heavy atom. The first kappa shape index (κ1) is 8.84. The van der Waals surface area contributed by atoms with Gasteiger partial charge in [-0.2, -0.15) is 12.1 Å². The molecule has 0 spiro atoms. The van der Waals surface area contributed by atoms with E-state index in [1.54, 1.807) is 0 Å². The van der Waals surface area contributed by atoms with E-state index in [9.17, 15) is 0 Å². The van der Waals surface area contributed by atoms with Crippen LogP contribution in [0.5, 0.6) is 0 Å². The molecule has 42 valence electrons. The van der Waals surface area contributed by atoms with E-state index in [1.165, 1.54) is 6.08 Å². The Balaban J connectivity index is 0.000000640. The quantitative estimate of drug-likeness (QED) is 0.598. The largest absolute Gasteiger partial charge is 2.00 e. The summed E-state index contributed by atoms with van der Waals surface area (Å²) in [6.07, 6.45) is 1.53. The third-order valence-corrected chi connectivity index (χ3v) is 0.913. The zero-order chi connectivity index (χ0) is 5.82. The van der Waals surface area contributed by atoms with E-state index >= 15 is 0 Å². The maximum absolute atomic E-state index is 5.19. The van der Waals surface area contributed by atoms with Crippen LogP contribution >= 0.6 is 0 Å². The first-order valence-corrected chi connectivity index (χ1v) is 2.45. The molecule has 0 bridgehead atoms. The first-order valence-electron chi connectivity index (χ1n) is 2.45. The summed E-state index contributed by atoms with van der Waals surface area (Å²) in [4.78, 5) is 0. The van der Waals surface area contributed by atoms with Crippen LogP contribution < -0.4 is 0 Å². The van der Waals surface area contributed by atoms with Crippen molar-refractivity contribution in [2.24, 2.45) is 0 Å². The van der Waals surface area contributed by atoms with Crippen LogP contribution in [0.4, 0.5) is 0 Å². The molecule has 0 amide bonds. The fourth-order valence-electron chi connectivity index (χ4n) is 0.511. The molecular weight excluding hydrogens is 187 g/mol. The number of rotatable bonds is 1. The van der Waals surface area contributed by atoms with Gasteiger partial charge in [0.2, 0.25) is 0 Å². The van der Waals surface area contributed by atoms with Gasteiger partial charge in [-0.25, -0.2) is 12.1 Å². The summed E-state index contributed by atoms with van der Waals surface area (Å²) in [6, 6.07) is 10.5. The van der Waals surface area contributed by atoms with Gasteiger partial charge in [0.1, 0.15) is 0 Å². The Kier molecular flexibility index (Phi) is 4.61. The van der Waals surface area contributed by atoms with Crippen LogP contribution in [0.3, 0.4) is 0 Å². The van der Waals surface area contributed by atoms with Gasteiger partial charge in [-0.3, -0.25) is 0 Å². The summed E-state index contributed by atoms with van der Waals surface area (Å²) in [5.41, 5.74) is 0.938. The average molecular weight is 193 g/mol. The third kappa shape index (κ3) is 2.76. The van der Waals surface area contributed by atoms with Crippen LogP contribution in [0.15, 0.2) is 24.3 Å². The predicted octanol–water partition coefficient (Wildman–Crippen LogP) is 1.93. The SMILES string of the molecule is [CH-]=Cc1[c-]cccc1.[Zr+2]. The molecule has 0 radical (unpaired) electrons. The molecule has 1 aromatic rings. The van der Waals surface area contributed by atoms with Gasteiger partial charge in [-0.15, -0.1) is 6.07 Å². The van der Waals surface area contributed by atoms with Gasteiger partial charge in [0, 0.05) is 0 Å². The van der Waals surface area contributed by atoms with Gasteiger partial charge in [0.05, 0.1) is 0 Å². The van der Waals surface area contributed by atoms with E-state index in [0.717, 1.165) is 5.56 Å². The van der Waals surface area contributed by atoms with E-state index in [0.29, 0.717) is 0 Å². The van der Waals surface area contributed by atoms with Crippen LogP contribution in [-0.4, -0.2) is 0 Å². The van der Waals surface area contributed by atoms with E-state index in [2.05, 4.69) is 6.07 Å². The molecule has 0 atom stereocenters. The van der Waals surface area contributed by atoms with Crippen LogP contribution in [0.25, 0.3) is 6.08 Å². The molecule has 1 heteroatoms. The van der Waals surface area contributed by atoms with E-state index in [-0.39, 0.29) is 26.2 Å². The van der Waals surface area contributed by atoms with E-state index in [4.69, 9.17) is 6.58 Å². The van der Waals surface area contributed by atoms with Gasteiger partial charge < -0.3 is 18.2 Å². The molecule has 1 aromatic carbocycles. The molecule has 0 fully saturated rings. The Hall–Kier alpha value is -0.157. The Labute approximate surface area is 74.7 Å². The molecule has 0 saturated heterocycles. The van der Waals surface area contributed by atoms with Gasteiger partial charge in [-0.1, -0.05) is 0 Å². The normalized spacial score (nSPS) is 7.56. The summed E-state index contributed by atoms with van der Waals surface area (Å²) in [5.74, 6) is 0. The molecule has 0 nitrogen and oxygen atoms in total. The topological polar surface area (TPSA) is 0 Å². The average Bonchev–Trinajstić information content (AvgIpc) is 1.90. The summed E-state index contributed by atoms with van der Waals surface area (Å²) in [5, 5.41) is 0. The molecular formula is C8H6Zr. The zero-order valence-corrected chi connectivity index (χ0v) is 7.42. The number of benzene rings is 1. The van der Waals surface area contributed by atoms with Crippen molar-refractivity contribution in [2.75, 3.05) is 0 Å². The molecule has 0 aliphatic heterocycles. The number of hydrogen-bond donors (Lipinski definition) is 0. The molecule has 0 saturated carbocycles. The second-order valence-electron chi connectivity index (χ2n) is 1.48. The van der Waals surface area contributed by atoms with E-state index in [1.807, 2.05) is 24.3 Å². The van der Waals surface area contributed by atoms with Crippen LogP contribution in [0, 0.1) is 12.6 Å². The molecule has 0 aliphatic carbocycles. The Bertz CT molecular complexity index is 167. The maximum atomic E-state index is 5.19. The fourth-order valence-corrected chi connectivity index (χ4v) is 0.511. The van der Waals surface area contributed by atoms with E-state index < -0.39 is 0 Å². The van der Waals surface area contributed by atoms with Gasteiger partial charge in [-0.05, 0) is 0 Å². The summed E-state index contributed by atoms with van der Waals surface area (Å²) in [6.45, 7) is 5.19. The second-order valence-corrected chi connectivity index (χ2v) is 1.48. The zero-order valence-electron chi connectivity index (χ0n) is 4.96. The summed E-state index contributed by atoms with van der Waals surface area (Å²) in [7, 11) is 0. The van der Waals surface area contributed by atoms with Crippen molar-refractivity contribution < 1.29 is 26.2 Å². The molecule has 1 rings (SSSR count). The van der Waals surface area contributed by atoms with Crippen molar-refractivity contribution in [1.82, 2.24) is 0 Å². The molecule has 0 N–H and O–H groups in total. The Morgan fingerprint density at radius 2 is 2.22 bits per heavy atom. The number of hydrogen-bond acceptors (Lipinski definition) is 0. The van der Waals surface area contributed by atoms with Gasteiger partial charge >= 0.3 is 26.2 Å². The fraction of sp³-hybridized carbons (Fsp3) is 0. The van der Waals surface area contributed by atoms with Crippen molar-refractivity contribution in [3.63, 3.8) is 0 Å². The third-order valence-electron chi connectivity index (χ3n) is 0.913. The van der Waals surface area contributed by atoms with Crippen molar-refractivity contribution >= 4 is 6.08 Å². The monoisotopic (exact) mass is 192 g/mol. The smallest absolute Gasteiger partial charge is 0.344 e. The maximum Gasteiger partial charge on any atom is 2.00 e. The Morgan fingerprint density at radius 3 is 2.56 bits per heavy atom. The van der Waals surface area contributed by atoms with Crippen molar-refractivity contribution in [3.05, 3.63) is 42.5 Å². The minimum atomic E-state index is 0. The molecule has 0 heterocycles. The minimum absolute atomic E-state index is 0. The van der Waals surface area contributed by atoms with Crippen LogP contribution in [-0.2, 0) is 26.2 Å².